The third-order valence-electron chi connectivity index (χ3n) is 3.07. The van der Waals surface area contributed by atoms with Crippen LogP contribution in [0.5, 0.6) is 5.88 Å². The van der Waals surface area contributed by atoms with Crippen LogP contribution >= 0.6 is 0 Å². The van der Waals surface area contributed by atoms with Crippen molar-refractivity contribution in [1.82, 2.24) is 5.16 Å². The molecule has 0 amide bonds. The smallest absolute Gasteiger partial charge is 0.415 e. The summed E-state index contributed by atoms with van der Waals surface area (Å²) in [5, 5.41) is 14.4. The van der Waals surface area contributed by atoms with E-state index in [0.29, 0.717) is 0 Å². The minimum atomic E-state index is -4.09. The Hall–Kier alpha value is -2.87. The fraction of sp³-hybridized carbons (Fsp3) is 0.0667. The van der Waals surface area contributed by atoms with Gasteiger partial charge < -0.3 is 9.94 Å². The van der Waals surface area contributed by atoms with Crippen molar-refractivity contribution in [3.63, 3.8) is 0 Å². The second-order valence-corrected chi connectivity index (χ2v) is 6.50. The molecule has 0 aliphatic rings. The predicted molar refractivity (Wildman–Crippen MR) is 78.1 cm³/mol. The summed E-state index contributed by atoms with van der Waals surface area (Å²) in [6, 6.07) is 16.6. The quantitative estimate of drug-likeness (QED) is 0.660. The molecule has 1 aromatic heterocycles. The third-order valence-corrected chi connectivity index (χ3v) is 4.80. The number of hydrogen-bond acceptors (Lipinski definition) is 6. The summed E-state index contributed by atoms with van der Waals surface area (Å²) in [5.74, 6) is -0.368. The first-order valence-electron chi connectivity index (χ1n) is 6.65. The lowest BCUT2D eigenvalue weighted by molar-refractivity contribution is -0.832. The van der Waals surface area contributed by atoms with Crippen LogP contribution < -0.4 is 9.64 Å². The van der Waals surface area contributed by atoms with E-state index in [2.05, 4.69) is 9.79 Å². The molecule has 8 heteroatoms. The zero-order valence-corrected chi connectivity index (χ0v) is 12.6. The zero-order valence-electron chi connectivity index (χ0n) is 11.8. The number of rotatable bonds is 5. The first kappa shape index (κ1) is 15.0. The van der Waals surface area contributed by atoms with E-state index in [1.807, 2.05) is 18.2 Å². The molecule has 0 aliphatic carbocycles. The number of aromatic nitrogens is 2. The second kappa shape index (κ2) is 6.09. The van der Waals surface area contributed by atoms with Gasteiger partial charge in [-0.2, -0.15) is 0 Å². The standard InChI is InChI=1S/C15H12N2O5S/c18-17-15(23(19,20)13-9-5-2-6-10-13)14(16-22-17)21-11-12-7-3-1-4-8-12/h1-10H,11H2. The molecule has 2 aromatic carbocycles. The van der Waals surface area contributed by atoms with E-state index in [4.69, 9.17) is 4.74 Å². The van der Waals surface area contributed by atoms with Gasteiger partial charge in [0.15, 0.2) is 0 Å². The fourth-order valence-corrected chi connectivity index (χ4v) is 3.26. The first-order chi connectivity index (χ1) is 11.1. The highest BCUT2D eigenvalue weighted by atomic mass is 32.2. The minimum absolute atomic E-state index is 0.0441. The van der Waals surface area contributed by atoms with Crippen molar-refractivity contribution in [2.75, 3.05) is 0 Å². The van der Waals surface area contributed by atoms with Crippen molar-refractivity contribution >= 4 is 9.84 Å². The Kier molecular flexibility index (Phi) is 3.98. The monoisotopic (exact) mass is 332 g/mol. The van der Waals surface area contributed by atoms with Crippen LogP contribution in [-0.4, -0.2) is 13.6 Å². The molecule has 0 spiro atoms. The van der Waals surface area contributed by atoms with Crippen LogP contribution in [0.2, 0.25) is 0 Å². The zero-order chi connectivity index (χ0) is 16.3. The summed E-state index contributed by atoms with van der Waals surface area (Å²) in [6.07, 6.45) is 0. The van der Waals surface area contributed by atoms with Crippen molar-refractivity contribution in [1.29, 1.82) is 0 Å². The topological polar surface area (TPSA) is 96.3 Å². The Balaban J connectivity index is 1.93. The Morgan fingerprint density at radius 3 is 2.30 bits per heavy atom. The first-order valence-corrected chi connectivity index (χ1v) is 8.14. The summed E-state index contributed by atoms with van der Waals surface area (Å²) in [6.45, 7) is 0.0602. The van der Waals surface area contributed by atoms with Gasteiger partial charge >= 0.3 is 10.9 Å². The molecule has 0 atom stereocenters. The van der Waals surface area contributed by atoms with E-state index >= 15 is 0 Å². The molecule has 0 unspecified atom stereocenters. The largest absolute Gasteiger partial charge is 0.450 e. The summed E-state index contributed by atoms with van der Waals surface area (Å²) in [5.41, 5.74) is 0.802. The van der Waals surface area contributed by atoms with Gasteiger partial charge in [0.1, 0.15) is 6.61 Å². The SMILES string of the molecule is O=S(=O)(c1ccccc1)c1c(OCc2ccccc2)no[n+]1[O-]. The number of sulfone groups is 1. The van der Waals surface area contributed by atoms with E-state index in [1.54, 1.807) is 30.3 Å². The van der Waals surface area contributed by atoms with Crippen molar-refractivity contribution < 1.29 is 22.7 Å². The maximum atomic E-state index is 12.5. The molecule has 1 heterocycles. The van der Waals surface area contributed by atoms with Gasteiger partial charge in [0.2, 0.25) is 0 Å². The van der Waals surface area contributed by atoms with E-state index in [-0.39, 0.29) is 22.3 Å². The second-order valence-electron chi connectivity index (χ2n) is 4.63. The normalized spacial score (nSPS) is 11.3. The fourth-order valence-electron chi connectivity index (χ4n) is 1.97. The summed E-state index contributed by atoms with van der Waals surface area (Å²) in [7, 11) is -4.09. The Bertz CT molecular complexity index is 892. The molecule has 23 heavy (non-hydrogen) atoms. The molecule has 0 N–H and O–H groups in total. The summed E-state index contributed by atoms with van der Waals surface area (Å²) in [4.78, 5) is -0.208. The maximum Gasteiger partial charge on any atom is 0.415 e. The molecule has 0 fully saturated rings. The van der Waals surface area contributed by atoms with E-state index in [1.165, 1.54) is 12.1 Å². The molecule has 0 radical (unpaired) electrons. The molecule has 0 bridgehead atoms. The van der Waals surface area contributed by atoms with Gasteiger partial charge in [0, 0.05) is 0 Å². The van der Waals surface area contributed by atoms with Gasteiger partial charge in [0.25, 0.3) is 9.84 Å². The van der Waals surface area contributed by atoms with Crippen molar-refractivity contribution in [2.24, 2.45) is 0 Å². The van der Waals surface area contributed by atoms with Gasteiger partial charge in [-0.3, -0.25) is 4.63 Å². The molecule has 0 saturated carbocycles. The predicted octanol–water partition coefficient (Wildman–Crippen LogP) is 1.72. The van der Waals surface area contributed by atoms with E-state index in [9.17, 15) is 13.6 Å². The van der Waals surface area contributed by atoms with Gasteiger partial charge in [0.05, 0.1) is 10.1 Å². The van der Waals surface area contributed by atoms with Crippen LogP contribution in [-0.2, 0) is 16.4 Å². The average molecular weight is 332 g/mol. The lowest BCUT2D eigenvalue weighted by Gasteiger charge is -2.03. The molecule has 0 saturated heterocycles. The molecule has 0 aliphatic heterocycles. The van der Waals surface area contributed by atoms with Crippen LogP contribution in [0.4, 0.5) is 0 Å². The number of nitrogens with zero attached hydrogens (tertiary/aromatic N) is 2. The lowest BCUT2D eigenvalue weighted by Crippen LogP contribution is -2.30. The summed E-state index contributed by atoms with van der Waals surface area (Å²) < 4.78 is 34.8. The van der Waals surface area contributed by atoms with E-state index < -0.39 is 14.9 Å². The highest BCUT2D eigenvalue weighted by molar-refractivity contribution is 7.91. The van der Waals surface area contributed by atoms with E-state index in [0.717, 1.165) is 5.56 Å². The van der Waals surface area contributed by atoms with Crippen LogP contribution in [0.15, 0.2) is 75.2 Å². The number of benzene rings is 2. The van der Waals surface area contributed by atoms with Crippen LogP contribution in [0.25, 0.3) is 0 Å². The Morgan fingerprint density at radius 1 is 1.04 bits per heavy atom. The average Bonchev–Trinajstić information content (AvgIpc) is 2.96. The summed E-state index contributed by atoms with van der Waals surface area (Å²) >= 11 is 0. The van der Waals surface area contributed by atoms with Gasteiger partial charge in [-0.1, -0.05) is 48.5 Å². The third kappa shape index (κ3) is 3.02. The molecule has 3 aromatic rings. The van der Waals surface area contributed by atoms with Gasteiger partial charge in [-0.05, 0) is 22.6 Å². The Labute approximate surface area is 132 Å². The molecule has 7 nitrogen and oxygen atoms in total. The molecular weight excluding hydrogens is 320 g/mol. The number of hydrogen-bond donors (Lipinski definition) is 0. The van der Waals surface area contributed by atoms with Crippen molar-refractivity contribution in [3.8, 4) is 5.88 Å². The molecule has 118 valence electrons. The highest BCUT2D eigenvalue weighted by Crippen LogP contribution is 2.25. The van der Waals surface area contributed by atoms with Crippen LogP contribution in [0.1, 0.15) is 5.56 Å². The lowest BCUT2D eigenvalue weighted by atomic mass is 10.2. The van der Waals surface area contributed by atoms with Crippen molar-refractivity contribution in [3.05, 3.63) is 71.4 Å². The molecular formula is C15H12N2O5S. The van der Waals surface area contributed by atoms with Crippen LogP contribution in [0, 0.1) is 5.21 Å². The van der Waals surface area contributed by atoms with Gasteiger partial charge in [-0.25, -0.2) is 8.42 Å². The van der Waals surface area contributed by atoms with Crippen LogP contribution in [0.3, 0.4) is 0 Å². The van der Waals surface area contributed by atoms with Gasteiger partial charge in [-0.15, -0.1) is 0 Å². The number of ether oxygens (including phenoxy) is 1. The maximum absolute atomic E-state index is 12.5. The van der Waals surface area contributed by atoms with Crippen molar-refractivity contribution in [2.45, 2.75) is 16.5 Å². The highest BCUT2D eigenvalue weighted by Gasteiger charge is 2.35. The Morgan fingerprint density at radius 2 is 1.65 bits per heavy atom. The minimum Gasteiger partial charge on any atom is -0.450 e. The molecule has 3 rings (SSSR count).